The highest BCUT2D eigenvalue weighted by Crippen LogP contribution is 2.27. The SMILES string of the molecule is O=C(Cn1nc2ccccn2c1=O)N[C@@H]1CCN2CCCC[C@H]12. The van der Waals surface area contributed by atoms with E-state index in [1.54, 1.807) is 18.3 Å². The zero-order valence-corrected chi connectivity index (χ0v) is 13.0. The molecule has 2 aromatic heterocycles. The Hall–Kier alpha value is -2.15. The summed E-state index contributed by atoms with van der Waals surface area (Å²) >= 11 is 0. The molecule has 2 aliphatic rings. The fourth-order valence-electron chi connectivity index (χ4n) is 3.88. The van der Waals surface area contributed by atoms with Gasteiger partial charge in [0.05, 0.1) is 0 Å². The van der Waals surface area contributed by atoms with E-state index in [1.165, 1.54) is 21.9 Å². The van der Waals surface area contributed by atoms with E-state index >= 15 is 0 Å². The summed E-state index contributed by atoms with van der Waals surface area (Å²) < 4.78 is 2.68. The molecule has 0 aliphatic carbocycles. The summed E-state index contributed by atoms with van der Waals surface area (Å²) in [7, 11) is 0. The average molecular weight is 315 g/mol. The van der Waals surface area contributed by atoms with Crippen LogP contribution >= 0.6 is 0 Å². The maximum atomic E-state index is 12.3. The number of nitrogens with zero attached hydrogens (tertiary/aromatic N) is 4. The summed E-state index contributed by atoms with van der Waals surface area (Å²) in [4.78, 5) is 27.0. The Morgan fingerprint density at radius 2 is 2.17 bits per heavy atom. The van der Waals surface area contributed by atoms with E-state index in [0.29, 0.717) is 11.7 Å². The second-order valence-electron chi connectivity index (χ2n) is 6.43. The molecule has 2 saturated heterocycles. The summed E-state index contributed by atoms with van der Waals surface area (Å²) in [5.74, 6) is -0.132. The van der Waals surface area contributed by atoms with E-state index in [0.717, 1.165) is 25.9 Å². The van der Waals surface area contributed by atoms with E-state index in [2.05, 4.69) is 15.3 Å². The Bertz CT molecular complexity index is 780. The van der Waals surface area contributed by atoms with E-state index in [-0.39, 0.29) is 24.2 Å². The number of pyridine rings is 1. The van der Waals surface area contributed by atoms with Crippen LogP contribution < -0.4 is 11.0 Å². The monoisotopic (exact) mass is 315 g/mol. The number of nitrogens with one attached hydrogen (secondary N) is 1. The van der Waals surface area contributed by atoms with Crippen molar-refractivity contribution < 1.29 is 4.79 Å². The Kier molecular flexibility index (Phi) is 3.65. The molecule has 122 valence electrons. The fraction of sp³-hybridized carbons (Fsp3) is 0.562. The molecule has 0 unspecified atom stereocenters. The summed E-state index contributed by atoms with van der Waals surface area (Å²) in [5, 5.41) is 7.31. The largest absolute Gasteiger partial charge is 0.350 e. The van der Waals surface area contributed by atoms with Gasteiger partial charge in [0, 0.05) is 24.8 Å². The maximum Gasteiger partial charge on any atom is 0.350 e. The number of rotatable bonds is 3. The molecule has 2 fully saturated rings. The van der Waals surface area contributed by atoms with E-state index < -0.39 is 0 Å². The average Bonchev–Trinajstić information content (AvgIpc) is 3.10. The van der Waals surface area contributed by atoms with Crippen LogP contribution in [0.2, 0.25) is 0 Å². The third-order valence-corrected chi connectivity index (χ3v) is 4.98. The first-order valence-corrected chi connectivity index (χ1v) is 8.30. The molecule has 2 atom stereocenters. The number of carbonyl (C=O) groups is 1. The van der Waals surface area contributed by atoms with Crippen LogP contribution in [0.3, 0.4) is 0 Å². The van der Waals surface area contributed by atoms with Crippen LogP contribution in [-0.2, 0) is 11.3 Å². The zero-order valence-electron chi connectivity index (χ0n) is 13.0. The number of hydrogen-bond donors (Lipinski definition) is 1. The minimum Gasteiger partial charge on any atom is -0.350 e. The first-order valence-electron chi connectivity index (χ1n) is 8.30. The van der Waals surface area contributed by atoms with Crippen LogP contribution in [0.15, 0.2) is 29.2 Å². The van der Waals surface area contributed by atoms with E-state index in [1.807, 2.05) is 6.07 Å². The lowest BCUT2D eigenvalue weighted by Crippen LogP contribution is -2.48. The molecule has 2 aliphatic heterocycles. The van der Waals surface area contributed by atoms with Gasteiger partial charge in [0.15, 0.2) is 5.65 Å². The summed E-state index contributed by atoms with van der Waals surface area (Å²) in [6.45, 7) is 2.18. The number of carbonyl (C=O) groups excluding carboxylic acids is 1. The highest BCUT2D eigenvalue weighted by atomic mass is 16.2. The van der Waals surface area contributed by atoms with Gasteiger partial charge in [-0.25, -0.2) is 9.48 Å². The van der Waals surface area contributed by atoms with Crippen LogP contribution in [-0.4, -0.2) is 50.2 Å². The van der Waals surface area contributed by atoms with Gasteiger partial charge in [0.1, 0.15) is 6.54 Å². The third kappa shape index (κ3) is 2.65. The van der Waals surface area contributed by atoms with Gasteiger partial charge in [-0.2, -0.15) is 0 Å². The van der Waals surface area contributed by atoms with Crippen molar-refractivity contribution in [3.63, 3.8) is 0 Å². The van der Waals surface area contributed by atoms with Gasteiger partial charge < -0.3 is 5.32 Å². The lowest BCUT2D eigenvalue weighted by atomic mass is 9.99. The Morgan fingerprint density at radius 3 is 3.04 bits per heavy atom. The highest BCUT2D eigenvalue weighted by Gasteiger charge is 2.36. The summed E-state index contributed by atoms with van der Waals surface area (Å²) in [6.07, 6.45) is 6.30. The standard InChI is InChI=1S/C16H21N5O2/c22-15(17-12-7-10-19-8-3-1-5-13(12)19)11-21-16(23)20-9-4-2-6-14(20)18-21/h2,4,6,9,12-13H,1,3,5,7-8,10-11H2,(H,17,22)/t12-,13-/m1/s1. The maximum absolute atomic E-state index is 12.3. The number of hydrogen-bond acceptors (Lipinski definition) is 4. The molecule has 1 N–H and O–H groups in total. The Labute approximate surface area is 133 Å². The van der Waals surface area contributed by atoms with Gasteiger partial charge in [0.25, 0.3) is 0 Å². The zero-order chi connectivity index (χ0) is 15.8. The number of aromatic nitrogens is 3. The van der Waals surface area contributed by atoms with Crippen molar-refractivity contribution in [3.05, 3.63) is 34.9 Å². The van der Waals surface area contributed by atoms with Crippen LogP contribution in [0, 0.1) is 0 Å². The van der Waals surface area contributed by atoms with E-state index in [4.69, 9.17) is 0 Å². The van der Waals surface area contributed by atoms with Crippen molar-refractivity contribution in [2.75, 3.05) is 13.1 Å². The minimum absolute atomic E-state index is 0.0241. The number of piperidine rings is 1. The van der Waals surface area contributed by atoms with Crippen LogP contribution in [0.4, 0.5) is 0 Å². The van der Waals surface area contributed by atoms with Crippen molar-refractivity contribution in [2.24, 2.45) is 0 Å². The summed E-state index contributed by atoms with van der Waals surface area (Å²) in [5.41, 5.74) is 0.283. The van der Waals surface area contributed by atoms with Crippen molar-refractivity contribution in [1.29, 1.82) is 0 Å². The second-order valence-corrected chi connectivity index (χ2v) is 6.43. The normalized spacial score (nSPS) is 24.7. The number of amides is 1. The molecule has 0 radical (unpaired) electrons. The number of fused-ring (bicyclic) bond motifs is 2. The molecule has 1 amide bonds. The molecule has 4 heterocycles. The summed E-state index contributed by atoms with van der Waals surface area (Å²) in [6, 6.07) is 6.02. The van der Waals surface area contributed by atoms with Crippen molar-refractivity contribution in [2.45, 2.75) is 44.3 Å². The molecule has 0 aromatic carbocycles. The highest BCUT2D eigenvalue weighted by molar-refractivity contribution is 5.76. The van der Waals surface area contributed by atoms with Gasteiger partial charge in [-0.3, -0.25) is 14.1 Å². The van der Waals surface area contributed by atoms with Crippen LogP contribution in [0.25, 0.3) is 5.65 Å². The van der Waals surface area contributed by atoms with Gasteiger partial charge in [-0.05, 0) is 37.9 Å². The molecule has 4 rings (SSSR count). The molecule has 2 aromatic rings. The lowest BCUT2D eigenvalue weighted by Gasteiger charge is -2.32. The Balaban J connectivity index is 1.45. The molecule has 0 saturated carbocycles. The van der Waals surface area contributed by atoms with Crippen molar-refractivity contribution in [1.82, 2.24) is 24.4 Å². The van der Waals surface area contributed by atoms with Crippen molar-refractivity contribution >= 4 is 11.6 Å². The molecular formula is C16H21N5O2. The van der Waals surface area contributed by atoms with Gasteiger partial charge >= 0.3 is 5.69 Å². The quantitative estimate of drug-likeness (QED) is 0.881. The third-order valence-electron chi connectivity index (χ3n) is 4.98. The lowest BCUT2D eigenvalue weighted by molar-refractivity contribution is -0.122. The smallest absolute Gasteiger partial charge is 0.350 e. The van der Waals surface area contributed by atoms with Gasteiger partial charge in [0.2, 0.25) is 5.91 Å². The molecule has 0 bridgehead atoms. The van der Waals surface area contributed by atoms with Crippen LogP contribution in [0.1, 0.15) is 25.7 Å². The minimum atomic E-state index is -0.276. The predicted octanol–water partition coefficient (Wildman–Crippen LogP) is 0.239. The topological polar surface area (TPSA) is 71.6 Å². The van der Waals surface area contributed by atoms with Crippen molar-refractivity contribution in [3.8, 4) is 0 Å². The van der Waals surface area contributed by atoms with Crippen LogP contribution in [0.5, 0.6) is 0 Å². The molecule has 7 nitrogen and oxygen atoms in total. The Morgan fingerprint density at radius 1 is 1.26 bits per heavy atom. The first-order chi connectivity index (χ1) is 11.2. The van der Waals surface area contributed by atoms with Gasteiger partial charge in [-0.1, -0.05) is 12.5 Å². The molecule has 7 heteroatoms. The molecule has 23 heavy (non-hydrogen) atoms. The second kappa shape index (κ2) is 5.81. The van der Waals surface area contributed by atoms with Gasteiger partial charge in [-0.15, -0.1) is 5.10 Å². The van der Waals surface area contributed by atoms with E-state index in [9.17, 15) is 9.59 Å². The molecule has 0 spiro atoms. The fourth-order valence-corrected chi connectivity index (χ4v) is 3.88. The first kappa shape index (κ1) is 14.4. The predicted molar refractivity (Wildman–Crippen MR) is 85.2 cm³/mol. The molecular weight excluding hydrogens is 294 g/mol.